The van der Waals surface area contributed by atoms with E-state index in [-0.39, 0.29) is 36.8 Å². The van der Waals surface area contributed by atoms with E-state index >= 15 is 0 Å². The average Bonchev–Trinajstić information content (AvgIpc) is 2.61. The number of carbonyl (C=O) groups excluding carboxylic acids is 1. The lowest BCUT2D eigenvalue weighted by Gasteiger charge is -2.37. The van der Waals surface area contributed by atoms with Crippen LogP contribution >= 0.6 is 24.8 Å². The summed E-state index contributed by atoms with van der Waals surface area (Å²) in [5.41, 5.74) is 0.991. The maximum absolute atomic E-state index is 12.5. The molecular weight excluding hydrogens is 377 g/mol. The Labute approximate surface area is 167 Å². The molecule has 0 aromatic carbocycles. The van der Waals surface area contributed by atoms with Gasteiger partial charge in [-0.1, -0.05) is 13.8 Å². The number of amides is 1. The summed E-state index contributed by atoms with van der Waals surface area (Å²) >= 11 is 0. The number of aromatic nitrogens is 2. The van der Waals surface area contributed by atoms with Gasteiger partial charge in [-0.15, -0.1) is 24.8 Å². The topological polar surface area (TPSA) is 70.6 Å². The minimum atomic E-state index is -0.195. The second-order valence-corrected chi connectivity index (χ2v) is 6.77. The van der Waals surface area contributed by atoms with Crippen molar-refractivity contribution in [2.24, 2.45) is 0 Å². The van der Waals surface area contributed by atoms with E-state index in [1.54, 1.807) is 0 Å². The Kier molecular flexibility index (Phi) is 9.03. The van der Waals surface area contributed by atoms with Crippen LogP contribution < -0.4 is 10.2 Å². The van der Waals surface area contributed by atoms with Crippen LogP contribution in [0.1, 0.15) is 31.3 Å². The van der Waals surface area contributed by atoms with Crippen molar-refractivity contribution in [3.8, 4) is 0 Å². The third-order valence-corrected chi connectivity index (χ3v) is 4.51. The zero-order valence-corrected chi connectivity index (χ0v) is 17.2. The zero-order chi connectivity index (χ0) is 17.1. The molecule has 3 rings (SSSR count). The Hall–Kier alpha value is -1.15. The molecule has 1 aromatic heterocycles. The number of rotatable bonds is 3. The summed E-state index contributed by atoms with van der Waals surface area (Å²) < 4.78 is 5.40. The van der Waals surface area contributed by atoms with Gasteiger partial charge >= 0.3 is 0 Å². The van der Waals surface area contributed by atoms with Crippen molar-refractivity contribution < 1.29 is 9.53 Å². The van der Waals surface area contributed by atoms with Crippen molar-refractivity contribution in [2.45, 2.75) is 32.7 Å². The highest BCUT2D eigenvalue weighted by Crippen LogP contribution is 2.19. The monoisotopic (exact) mass is 405 g/mol. The maximum Gasteiger partial charge on any atom is 0.242 e. The number of carbonyl (C=O) groups is 1. The molecule has 0 saturated carbocycles. The summed E-state index contributed by atoms with van der Waals surface area (Å²) in [4.78, 5) is 25.9. The Morgan fingerprint density at radius 2 is 1.92 bits per heavy atom. The van der Waals surface area contributed by atoms with Gasteiger partial charge in [0.25, 0.3) is 0 Å². The van der Waals surface area contributed by atoms with E-state index in [4.69, 9.17) is 9.72 Å². The first-order valence-corrected chi connectivity index (χ1v) is 8.75. The highest BCUT2D eigenvalue weighted by molar-refractivity contribution is 5.85. The van der Waals surface area contributed by atoms with E-state index in [2.05, 4.69) is 29.0 Å². The molecule has 2 aliphatic heterocycles. The van der Waals surface area contributed by atoms with Gasteiger partial charge in [0.1, 0.15) is 17.7 Å². The number of nitrogens with zero attached hydrogens (tertiary/aromatic N) is 4. The van der Waals surface area contributed by atoms with Gasteiger partial charge in [-0.25, -0.2) is 9.97 Å². The number of hydrogen-bond donors (Lipinski definition) is 1. The lowest BCUT2D eigenvalue weighted by atomic mass is 10.2. The third-order valence-electron chi connectivity index (χ3n) is 4.51. The molecule has 0 radical (unpaired) electrons. The van der Waals surface area contributed by atoms with Crippen molar-refractivity contribution in [3.63, 3.8) is 0 Å². The minimum absolute atomic E-state index is 0. The number of ether oxygens (including phenoxy) is 1. The number of aryl methyl sites for hydroxylation is 1. The molecule has 1 atom stereocenters. The van der Waals surface area contributed by atoms with Crippen LogP contribution in [0.25, 0.3) is 0 Å². The highest BCUT2D eigenvalue weighted by atomic mass is 35.5. The first kappa shape index (κ1) is 22.9. The normalized spacial score (nSPS) is 20.4. The lowest BCUT2D eigenvalue weighted by Crippen LogP contribution is -2.57. The lowest BCUT2D eigenvalue weighted by molar-refractivity contribution is -0.136. The van der Waals surface area contributed by atoms with Gasteiger partial charge in [0.2, 0.25) is 5.91 Å². The van der Waals surface area contributed by atoms with E-state index in [0.29, 0.717) is 19.1 Å². The molecule has 7 nitrogen and oxygen atoms in total. The van der Waals surface area contributed by atoms with E-state index in [1.165, 1.54) is 0 Å². The Morgan fingerprint density at radius 3 is 2.50 bits per heavy atom. The molecule has 1 aromatic rings. The van der Waals surface area contributed by atoms with Gasteiger partial charge in [0, 0.05) is 50.4 Å². The first-order valence-electron chi connectivity index (χ1n) is 8.75. The minimum Gasteiger partial charge on any atom is -0.378 e. The molecule has 9 heteroatoms. The summed E-state index contributed by atoms with van der Waals surface area (Å²) in [6.07, 6.45) is 0. The van der Waals surface area contributed by atoms with Crippen molar-refractivity contribution >= 4 is 36.5 Å². The number of morpholine rings is 1. The molecule has 1 N–H and O–H groups in total. The van der Waals surface area contributed by atoms with Crippen molar-refractivity contribution in [1.29, 1.82) is 0 Å². The van der Waals surface area contributed by atoms with E-state index in [1.807, 2.05) is 17.9 Å². The first-order chi connectivity index (χ1) is 11.5. The molecule has 26 heavy (non-hydrogen) atoms. The third kappa shape index (κ3) is 5.42. The van der Waals surface area contributed by atoms with Crippen molar-refractivity contribution in [3.05, 3.63) is 17.6 Å². The molecule has 1 amide bonds. The number of nitrogens with one attached hydrogen (secondary N) is 1. The van der Waals surface area contributed by atoms with Crippen LogP contribution in [0.3, 0.4) is 0 Å². The Bertz CT molecular complexity index is 589. The Morgan fingerprint density at radius 1 is 1.23 bits per heavy atom. The standard InChI is InChI=1S/C17H27N5O2.2ClH/c1-12(2)16-19-13(3)10-15(20-16)21-5-7-22(8-6-21)17(23)14-11-24-9-4-18-14;;/h10,12,14,18H,4-9,11H2,1-3H3;2*1H. The predicted octanol–water partition coefficient (Wildman–Crippen LogP) is 1.39. The highest BCUT2D eigenvalue weighted by Gasteiger charge is 2.29. The molecule has 2 saturated heterocycles. The fourth-order valence-corrected chi connectivity index (χ4v) is 3.09. The summed E-state index contributed by atoms with van der Waals surface area (Å²) in [7, 11) is 0. The summed E-state index contributed by atoms with van der Waals surface area (Å²) in [5.74, 6) is 2.31. The van der Waals surface area contributed by atoms with Crippen molar-refractivity contribution in [2.75, 3.05) is 50.8 Å². The van der Waals surface area contributed by atoms with Crippen LogP contribution in [0.15, 0.2) is 6.07 Å². The molecule has 2 fully saturated rings. The molecule has 148 valence electrons. The van der Waals surface area contributed by atoms with Gasteiger partial charge in [-0.2, -0.15) is 0 Å². The van der Waals surface area contributed by atoms with Crippen molar-refractivity contribution in [1.82, 2.24) is 20.2 Å². The summed E-state index contributed by atoms with van der Waals surface area (Å²) in [6.45, 7) is 11.2. The van der Waals surface area contributed by atoms with Gasteiger partial charge in [-0.05, 0) is 6.92 Å². The molecule has 0 spiro atoms. The van der Waals surface area contributed by atoms with Crippen LogP contribution in [-0.4, -0.2) is 72.8 Å². The van der Waals surface area contributed by atoms with Crippen LogP contribution in [-0.2, 0) is 9.53 Å². The molecule has 0 bridgehead atoms. The molecule has 3 heterocycles. The Balaban J connectivity index is 0.00000169. The number of piperazine rings is 1. The number of hydrogen-bond acceptors (Lipinski definition) is 6. The fourth-order valence-electron chi connectivity index (χ4n) is 3.09. The van der Waals surface area contributed by atoms with E-state index in [9.17, 15) is 4.79 Å². The molecule has 1 unspecified atom stereocenters. The quantitative estimate of drug-likeness (QED) is 0.818. The van der Waals surface area contributed by atoms with E-state index in [0.717, 1.165) is 50.1 Å². The molecule has 0 aliphatic carbocycles. The van der Waals surface area contributed by atoms with Crippen LogP contribution in [0, 0.1) is 6.92 Å². The summed E-state index contributed by atoms with van der Waals surface area (Å²) in [6, 6.07) is 1.83. The second-order valence-electron chi connectivity index (χ2n) is 6.77. The number of halogens is 2. The fraction of sp³-hybridized carbons (Fsp3) is 0.706. The van der Waals surface area contributed by atoms with Gasteiger partial charge < -0.3 is 19.9 Å². The predicted molar refractivity (Wildman–Crippen MR) is 107 cm³/mol. The van der Waals surface area contributed by atoms with Crippen LogP contribution in [0.2, 0.25) is 0 Å². The molecular formula is C17H29Cl2N5O2. The van der Waals surface area contributed by atoms with Gasteiger partial charge in [0.05, 0.1) is 13.2 Å². The van der Waals surface area contributed by atoms with Crippen LogP contribution in [0.4, 0.5) is 5.82 Å². The van der Waals surface area contributed by atoms with Gasteiger partial charge in [-0.3, -0.25) is 4.79 Å². The number of anilines is 1. The largest absolute Gasteiger partial charge is 0.378 e. The smallest absolute Gasteiger partial charge is 0.242 e. The average molecular weight is 406 g/mol. The molecule has 2 aliphatic rings. The second kappa shape index (κ2) is 10.3. The van der Waals surface area contributed by atoms with E-state index < -0.39 is 0 Å². The van der Waals surface area contributed by atoms with Crippen LogP contribution in [0.5, 0.6) is 0 Å². The SMILES string of the molecule is Cc1cc(N2CCN(C(=O)C3COCCN3)CC2)nc(C(C)C)n1.Cl.Cl. The zero-order valence-electron chi connectivity index (χ0n) is 15.6. The maximum atomic E-state index is 12.5. The summed E-state index contributed by atoms with van der Waals surface area (Å²) in [5, 5.41) is 3.24. The van der Waals surface area contributed by atoms with Gasteiger partial charge in [0.15, 0.2) is 0 Å².